The lowest BCUT2D eigenvalue weighted by molar-refractivity contribution is -0.870. The Morgan fingerprint density at radius 1 is 0.734 bits per heavy atom. The third-order valence-electron chi connectivity index (χ3n) is 10.5. The summed E-state index contributed by atoms with van der Waals surface area (Å²) in [6, 6.07) is 0. The highest BCUT2D eigenvalue weighted by molar-refractivity contribution is 7.47. The number of phosphoric ester groups is 1. The Balaban J connectivity index is 2.53. The molecule has 1 aliphatic heterocycles. The number of unbranched alkanes of at least 4 members (excludes halogenated alkanes) is 9. The number of phosphoric acid groups is 1. The second-order valence-corrected chi connectivity index (χ2v) is 19.1. The van der Waals surface area contributed by atoms with E-state index in [4.69, 9.17) is 23.3 Å². The summed E-state index contributed by atoms with van der Waals surface area (Å²) in [7, 11) is 1.28. The molecule has 0 aromatic carbocycles. The first kappa shape index (κ1) is 59.3. The maximum atomic E-state index is 12.8. The number of hydrogen-bond acceptors (Lipinski definition) is 11. The minimum absolute atomic E-state index is 0.0268. The van der Waals surface area contributed by atoms with Gasteiger partial charge in [0, 0.05) is 25.2 Å². The molecule has 7 atom stereocenters. The Labute approximate surface area is 386 Å². The van der Waals surface area contributed by atoms with Crippen LogP contribution in [0.15, 0.2) is 72.9 Å². The molecule has 1 heterocycles. The van der Waals surface area contributed by atoms with E-state index < -0.39 is 57.1 Å². The fraction of sp³-hybridized carbons (Fsp3) is 0.720. The van der Waals surface area contributed by atoms with Crippen LogP contribution in [0, 0.1) is 5.92 Å². The number of carbonyl (C=O) groups excluding carboxylic acids is 2. The molecule has 0 bridgehead atoms. The molecule has 1 saturated heterocycles. The average molecular weight is 925 g/mol. The van der Waals surface area contributed by atoms with Crippen LogP contribution < -0.4 is 0 Å². The molecule has 1 fully saturated rings. The van der Waals surface area contributed by atoms with E-state index in [9.17, 15) is 34.4 Å². The number of nitrogens with zero attached hydrogens (tertiary/aromatic N) is 1. The monoisotopic (exact) mass is 925 g/mol. The van der Waals surface area contributed by atoms with Crippen molar-refractivity contribution in [2.24, 2.45) is 5.92 Å². The quantitative estimate of drug-likeness (QED) is 0.0152. The van der Waals surface area contributed by atoms with E-state index in [2.05, 4.69) is 62.5 Å². The molecule has 1 aliphatic rings. The van der Waals surface area contributed by atoms with Gasteiger partial charge in [0.05, 0.1) is 46.1 Å². The van der Waals surface area contributed by atoms with E-state index in [-0.39, 0.29) is 38.4 Å². The minimum atomic E-state index is -4.47. The van der Waals surface area contributed by atoms with Gasteiger partial charge in [-0.05, 0) is 77.0 Å². The third kappa shape index (κ3) is 34.6. The summed E-state index contributed by atoms with van der Waals surface area (Å²) in [5.74, 6) is -1.36. The number of likely N-dealkylation sites (N-methyl/N-ethyl adjacent to an activating group) is 1. The molecular weight excluding hydrogens is 838 g/mol. The zero-order valence-corrected chi connectivity index (χ0v) is 40.9. The van der Waals surface area contributed by atoms with Gasteiger partial charge >= 0.3 is 19.8 Å². The number of quaternary nitrogens is 1. The van der Waals surface area contributed by atoms with Crippen molar-refractivity contribution in [3.8, 4) is 0 Å². The van der Waals surface area contributed by atoms with Crippen LogP contribution in [0.25, 0.3) is 0 Å². The number of hydrogen-bond donors (Lipinski definition) is 4. The average Bonchev–Trinajstić information content (AvgIpc) is 3.23. The summed E-state index contributed by atoms with van der Waals surface area (Å²) in [5, 5.41) is 31.1. The lowest BCUT2D eigenvalue weighted by atomic mass is 9.87. The Morgan fingerprint density at radius 2 is 1.31 bits per heavy atom. The minimum Gasteiger partial charge on any atom is -0.462 e. The van der Waals surface area contributed by atoms with Crippen molar-refractivity contribution in [1.82, 2.24) is 0 Å². The highest BCUT2D eigenvalue weighted by Gasteiger charge is 2.35. The van der Waals surface area contributed by atoms with Gasteiger partial charge in [-0.15, -0.1) is 0 Å². The Hall–Kier alpha value is -2.71. The summed E-state index contributed by atoms with van der Waals surface area (Å²) in [4.78, 5) is 35.7. The number of aliphatic hydroxyl groups is 3. The fourth-order valence-electron chi connectivity index (χ4n) is 6.62. The van der Waals surface area contributed by atoms with Gasteiger partial charge in [0.25, 0.3) is 0 Å². The molecule has 64 heavy (non-hydrogen) atoms. The zero-order chi connectivity index (χ0) is 47.3. The van der Waals surface area contributed by atoms with Crippen LogP contribution in [0.5, 0.6) is 0 Å². The van der Waals surface area contributed by atoms with Gasteiger partial charge in [0.2, 0.25) is 0 Å². The van der Waals surface area contributed by atoms with Gasteiger partial charge < -0.3 is 38.9 Å². The summed E-state index contributed by atoms with van der Waals surface area (Å²) < 4.78 is 40.0. The van der Waals surface area contributed by atoms with E-state index in [1.165, 1.54) is 25.7 Å². The van der Waals surface area contributed by atoms with Gasteiger partial charge in [-0.1, -0.05) is 125 Å². The van der Waals surface area contributed by atoms with Gasteiger partial charge in [0.1, 0.15) is 19.8 Å². The first-order valence-corrected chi connectivity index (χ1v) is 25.6. The van der Waals surface area contributed by atoms with E-state index in [0.717, 1.165) is 57.8 Å². The molecule has 368 valence electrons. The Kier molecular flexibility index (Phi) is 34.6. The number of allylic oxidation sites excluding steroid dienone is 10. The van der Waals surface area contributed by atoms with Crippen LogP contribution in [-0.4, -0.2) is 115 Å². The van der Waals surface area contributed by atoms with E-state index in [1.54, 1.807) is 12.2 Å². The number of carbonyl (C=O) groups is 2. The molecule has 0 saturated carbocycles. The number of rotatable bonds is 38. The lowest BCUT2D eigenvalue weighted by Gasteiger charge is -2.36. The topological polar surface area (TPSA) is 178 Å². The van der Waals surface area contributed by atoms with E-state index in [1.807, 2.05) is 33.3 Å². The SMILES string of the molecule is CCCCC/C=C\C/C=C\C/C=C\C/C=C\CCCCCC(=O)OC[C@H](COP(=O)(O)OCC[N+](C)(C)C)OC(=O)CCC/C=C\C[C@H]1[C@@H](O)CC(O)O[C@@H]1/C=C/[C@@H](O)CCCCC. The molecule has 0 amide bonds. The molecule has 2 unspecified atom stereocenters. The molecule has 1 rings (SSSR count). The molecule has 0 aliphatic carbocycles. The molecule has 13 nitrogen and oxygen atoms in total. The number of aliphatic hydroxyl groups excluding tert-OH is 3. The number of ether oxygens (including phenoxy) is 3. The Bertz CT molecular complexity index is 1440. The molecule has 0 spiro atoms. The van der Waals surface area contributed by atoms with Crippen molar-refractivity contribution in [2.75, 3.05) is 47.5 Å². The fourth-order valence-corrected chi connectivity index (χ4v) is 7.36. The maximum Gasteiger partial charge on any atom is 0.472 e. The first-order valence-electron chi connectivity index (χ1n) is 24.1. The van der Waals surface area contributed by atoms with Crippen molar-refractivity contribution in [2.45, 2.75) is 179 Å². The van der Waals surface area contributed by atoms with Crippen molar-refractivity contribution >= 4 is 19.8 Å². The third-order valence-corrected chi connectivity index (χ3v) is 11.5. The standard InChI is InChI=1S/C50H86NO12P/c1-6-8-10-11-12-13-14-15-16-17-18-19-20-21-22-23-24-25-30-34-48(54)59-41-44(42-61-64(57,58)60-39-38-51(3,4)5)62-49(55)35-31-27-26-29-33-45-46(53)40-50(56)63-47(45)37-36-43(52)32-28-9-7-2/h12-13,15-16,18-19,21-22,26,29,36-37,43-47,50,52-53,56H,6-11,14,17,20,23-25,27-28,30-35,38-42H2,1-5H3/p+1/b13-12-,16-15-,19-18-,22-21-,29-26-,37-36+/t43-,44+,45-,46-,47+,50?/m0/s1. The second-order valence-electron chi connectivity index (χ2n) is 17.7. The normalized spacial score (nSPS) is 20.6. The second kappa shape index (κ2) is 37.4. The largest absolute Gasteiger partial charge is 0.472 e. The predicted octanol–water partition coefficient (Wildman–Crippen LogP) is 9.91. The van der Waals surface area contributed by atoms with Gasteiger partial charge in [-0.3, -0.25) is 18.6 Å². The molecular formula is C50H87NO12P+. The van der Waals surface area contributed by atoms with Crippen LogP contribution in [0.1, 0.15) is 149 Å². The highest BCUT2D eigenvalue weighted by atomic mass is 31.2. The highest BCUT2D eigenvalue weighted by Crippen LogP contribution is 2.43. The molecule has 4 N–H and O–H groups in total. The molecule has 0 aromatic rings. The van der Waals surface area contributed by atoms with Crippen LogP contribution in [0.4, 0.5) is 0 Å². The van der Waals surface area contributed by atoms with Gasteiger partial charge in [-0.2, -0.15) is 0 Å². The van der Waals surface area contributed by atoms with Crippen molar-refractivity contribution < 1.29 is 62.1 Å². The maximum absolute atomic E-state index is 12.8. The van der Waals surface area contributed by atoms with Crippen LogP contribution >= 0.6 is 7.82 Å². The predicted molar refractivity (Wildman–Crippen MR) is 255 cm³/mol. The Morgan fingerprint density at radius 3 is 1.95 bits per heavy atom. The van der Waals surface area contributed by atoms with E-state index >= 15 is 0 Å². The van der Waals surface area contributed by atoms with Crippen LogP contribution in [0.3, 0.4) is 0 Å². The number of esters is 2. The molecule has 0 radical (unpaired) electrons. The van der Waals surface area contributed by atoms with Crippen LogP contribution in [-0.2, 0) is 37.4 Å². The summed E-state index contributed by atoms with van der Waals surface area (Å²) in [6.45, 7) is 3.92. The van der Waals surface area contributed by atoms with E-state index in [0.29, 0.717) is 43.1 Å². The van der Waals surface area contributed by atoms with Crippen molar-refractivity contribution in [3.05, 3.63) is 72.9 Å². The molecule has 14 heteroatoms. The van der Waals surface area contributed by atoms with Crippen LogP contribution in [0.2, 0.25) is 0 Å². The summed E-state index contributed by atoms with van der Waals surface area (Å²) >= 11 is 0. The van der Waals surface area contributed by atoms with Crippen molar-refractivity contribution in [3.63, 3.8) is 0 Å². The molecule has 0 aromatic heterocycles. The van der Waals surface area contributed by atoms with Gasteiger partial charge in [0.15, 0.2) is 12.4 Å². The lowest BCUT2D eigenvalue weighted by Crippen LogP contribution is -2.43. The van der Waals surface area contributed by atoms with Gasteiger partial charge in [-0.25, -0.2) is 4.57 Å². The zero-order valence-electron chi connectivity index (χ0n) is 40.0. The summed E-state index contributed by atoms with van der Waals surface area (Å²) in [6.07, 6.45) is 37.1. The first-order chi connectivity index (χ1) is 30.7. The summed E-state index contributed by atoms with van der Waals surface area (Å²) in [5.41, 5.74) is 0. The van der Waals surface area contributed by atoms with Crippen molar-refractivity contribution in [1.29, 1.82) is 0 Å². The smallest absolute Gasteiger partial charge is 0.462 e.